The van der Waals surface area contributed by atoms with Crippen LogP contribution < -0.4 is 0 Å². The minimum atomic E-state index is -3.71. The van der Waals surface area contributed by atoms with Crippen LogP contribution in [-0.2, 0) is 21.3 Å². The molecule has 0 aliphatic heterocycles. The summed E-state index contributed by atoms with van der Waals surface area (Å²) >= 11 is 0. The molecule has 0 aliphatic rings. The van der Waals surface area contributed by atoms with Gasteiger partial charge in [0, 0.05) is 32.4 Å². The zero-order valence-electron chi connectivity index (χ0n) is 12.6. The van der Waals surface area contributed by atoms with Crippen LogP contribution in [0.3, 0.4) is 0 Å². The molecule has 1 aromatic heterocycles. The van der Waals surface area contributed by atoms with Crippen LogP contribution in [0.4, 0.5) is 0 Å². The Kier molecular flexibility index (Phi) is 6.38. The summed E-state index contributed by atoms with van der Waals surface area (Å²) in [6.45, 7) is 7.10. The molecular weight excluding hydrogens is 296 g/mol. The van der Waals surface area contributed by atoms with Gasteiger partial charge in [0.25, 0.3) is 0 Å². The van der Waals surface area contributed by atoms with Gasteiger partial charge >= 0.3 is 5.97 Å². The van der Waals surface area contributed by atoms with Gasteiger partial charge in [0.1, 0.15) is 10.6 Å². The van der Waals surface area contributed by atoms with E-state index < -0.39 is 16.0 Å². The van der Waals surface area contributed by atoms with Crippen molar-refractivity contribution in [3.05, 3.63) is 18.0 Å². The molecule has 1 rings (SSSR count). The maximum Gasteiger partial charge on any atom is 0.352 e. The molecule has 0 fully saturated rings. The highest BCUT2D eigenvalue weighted by Crippen LogP contribution is 2.19. The van der Waals surface area contributed by atoms with Gasteiger partial charge in [-0.2, -0.15) is 4.31 Å². The third-order valence-electron chi connectivity index (χ3n) is 3.11. The van der Waals surface area contributed by atoms with Crippen molar-refractivity contribution in [1.82, 2.24) is 8.87 Å². The van der Waals surface area contributed by atoms with Crippen LogP contribution in [0.5, 0.6) is 0 Å². The summed E-state index contributed by atoms with van der Waals surface area (Å²) in [6, 6.07) is 1.20. The first-order valence-corrected chi connectivity index (χ1v) is 8.33. The molecule has 0 aliphatic carbocycles. The lowest BCUT2D eigenvalue weighted by Gasteiger charge is -2.19. The Hall–Kier alpha value is -1.38. The van der Waals surface area contributed by atoms with Crippen LogP contribution in [0.15, 0.2) is 17.2 Å². The molecule has 0 atom stereocenters. The van der Waals surface area contributed by atoms with Crippen LogP contribution in [0.2, 0.25) is 0 Å². The van der Waals surface area contributed by atoms with E-state index in [1.807, 2.05) is 6.92 Å². The second kappa shape index (κ2) is 7.58. The molecule has 0 spiro atoms. The van der Waals surface area contributed by atoms with Gasteiger partial charge < -0.3 is 14.4 Å². The van der Waals surface area contributed by atoms with E-state index in [2.05, 4.69) is 0 Å². The van der Waals surface area contributed by atoms with Gasteiger partial charge in [0.05, 0.1) is 6.61 Å². The average molecular weight is 318 g/mol. The molecule has 0 amide bonds. The molecule has 0 aromatic carbocycles. The highest BCUT2D eigenvalue weighted by Gasteiger charge is 2.26. The van der Waals surface area contributed by atoms with E-state index in [1.165, 1.54) is 21.1 Å². The van der Waals surface area contributed by atoms with Gasteiger partial charge in [-0.3, -0.25) is 0 Å². The summed E-state index contributed by atoms with van der Waals surface area (Å²) in [5.74, 6) is -1.14. The fourth-order valence-electron chi connectivity index (χ4n) is 1.97. The van der Waals surface area contributed by atoms with Crippen LogP contribution in [-0.4, -0.2) is 54.7 Å². The SMILES string of the molecule is CCOCCN(CC)S(=O)(=O)c1cc(C(=O)O)n(CC)c1. The topological polar surface area (TPSA) is 88.8 Å². The minimum absolute atomic E-state index is 0.0000912. The Balaban J connectivity index is 3.08. The van der Waals surface area contributed by atoms with E-state index >= 15 is 0 Å². The van der Waals surface area contributed by atoms with E-state index in [4.69, 9.17) is 9.84 Å². The number of carboxylic acids is 1. The number of carbonyl (C=O) groups is 1. The van der Waals surface area contributed by atoms with Crippen molar-refractivity contribution in [2.75, 3.05) is 26.3 Å². The number of aromatic nitrogens is 1. The van der Waals surface area contributed by atoms with Crippen molar-refractivity contribution in [2.24, 2.45) is 0 Å². The number of rotatable bonds is 9. The average Bonchev–Trinajstić information content (AvgIpc) is 2.88. The van der Waals surface area contributed by atoms with Crippen molar-refractivity contribution < 1.29 is 23.1 Å². The van der Waals surface area contributed by atoms with E-state index in [-0.39, 0.29) is 17.1 Å². The van der Waals surface area contributed by atoms with Crippen LogP contribution in [0, 0.1) is 0 Å². The molecule has 1 aromatic rings. The Morgan fingerprint density at radius 2 is 2.05 bits per heavy atom. The molecule has 1 N–H and O–H groups in total. The first kappa shape index (κ1) is 17.7. The first-order valence-electron chi connectivity index (χ1n) is 6.89. The zero-order chi connectivity index (χ0) is 16.0. The Bertz CT molecular complexity index is 579. The summed E-state index contributed by atoms with van der Waals surface area (Å²) in [4.78, 5) is 11.1. The molecule has 0 unspecified atom stereocenters. The third-order valence-corrected chi connectivity index (χ3v) is 5.05. The monoisotopic (exact) mass is 318 g/mol. The lowest BCUT2D eigenvalue weighted by molar-refractivity contribution is 0.0685. The lowest BCUT2D eigenvalue weighted by atomic mass is 10.4. The summed E-state index contributed by atoms with van der Waals surface area (Å²) in [5.41, 5.74) is -0.0306. The van der Waals surface area contributed by atoms with Crippen LogP contribution >= 0.6 is 0 Å². The molecule has 7 nitrogen and oxygen atoms in total. The number of likely N-dealkylation sites (N-methyl/N-ethyl adjacent to an activating group) is 1. The molecule has 0 bridgehead atoms. The van der Waals surface area contributed by atoms with Crippen molar-refractivity contribution in [1.29, 1.82) is 0 Å². The maximum atomic E-state index is 12.5. The molecule has 1 heterocycles. The van der Waals surface area contributed by atoms with E-state index in [1.54, 1.807) is 13.8 Å². The second-order valence-corrected chi connectivity index (χ2v) is 6.28. The summed E-state index contributed by atoms with van der Waals surface area (Å²) in [6.07, 6.45) is 1.36. The molecule has 21 heavy (non-hydrogen) atoms. The number of carboxylic acid groups (broad SMARTS) is 1. The summed E-state index contributed by atoms with van der Waals surface area (Å²) in [5, 5.41) is 9.10. The molecule has 8 heteroatoms. The smallest absolute Gasteiger partial charge is 0.352 e. The fourth-order valence-corrected chi connectivity index (χ4v) is 3.45. The Morgan fingerprint density at radius 1 is 1.38 bits per heavy atom. The molecule has 0 saturated heterocycles. The zero-order valence-corrected chi connectivity index (χ0v) is 13.4. The third kappa shape index (κ3) is 4.05. The second-order valence-electron chi connectivity index (χ2n) is 4.35. The lowest BCUT2D eigenvalue weighted by Crippen LogP contribution is -2.33. The number of aryl methyl sites for hydroxylation is 1. The molecular formula is C13H22N2O5S. The van der Waals surface area contributed by atoms with Crippen molar-refractivity contribution in [2.45, 2.75) is 32.2 Å². The number of hydrogen-bond acceptors (Lipinski definition) is 4. The quantitative estimate of drug-likeness (QED) is 0.692. The summed E-state index contributed by atoms with van der Waals surface area (Å²) in [7, 11) is -3.71. The summed E-state index contributed by atoms with van der Waals surface area (Å²) < 4.78 is 32.9. The number of nitrogens with zero attached hydrogens (tertiary/aromatic N) is 2. The van der Waals surface area contributed by atoms with Crippen LogP contribution in [0.25, 0.3) is 0 Å². The van der Waals surface area contributed by atoms with E-state index in [9.17, 15) is 13.2 Å². The number of hydrogen-bond donors (Lipinski definition) is 1. The Morgan fingerprint density at radius 3 is 2.48 bits per heavy atom. The van der Waals surface area contributed by atoms with Gasteiger partial charge in [-0.15, -0.1) is 0 Å². The van der Waals surface area contributed by atoms with Gasteiger partial charge in [0.2, 0.25) is 10.0 Å². The van der Waals surface area contributed by atoms with Crippen molar-refractivity contribution in [3.8, 4) is 0 Å². The van der Waals surface area contributed by atoms with Crippen molar-refractivity contribution >= 4 is 16.0 Å². The Labute approximate surface area is 125 Å². The number of aromatic carboxylic acids is 1. The van der Waals surface area contributed by atoms with Crippen LogP contribution in [0.1, 0.15) is 31.3 Å². The van der Waals surface area contributed by atoms with Gasteiger partial charge in [0.15, 0.2) is 0 Å². The number of ether oxygens (including phenoxy) is 1. The van der Waals surface area contributed by atoms with E-state index in [0.717, 1.165) is 0 Å². The van der Waals surface area contributed by atoms with Gasteiger partial charge in [-0.1, -0.05) is 6.92 Å². The molecule has 120 valence electrons. The number of sulfonamides is 1. The first-order chi connectivity index (χ1) is 9.88. The predicted molar refractivity (Wildman–Crippen MR) is 78.0 cm³/mol. The van der Waals surface area contributed by atoms with Gasteiger partial charge in [-0.05, 0) is 19.9 Å². The highest BCUT2D eigenvalue weighted by molar-refractivity contribution is 7.89. The van der Waals surface area contributed by atoms with Crippen molar-refractivity contribution in [3.63, 3.8) is 0 Å². The normalized spacial score (nSPS) is 12.0. The van der Waals surface area contributed by atoms with E-state index in [0.29, 0.717) is 26.3 Å². The molecule has 0 radical (unpaired) electrons. The highest BCUT2D eigenvalue weighted by atomic mass is 32.2. The predicted octanol–water partition coefficient (Wildman–Crippen LogP) is 1.25. The standard InChI is InChI=1S/C13H22N2O5S/c1-4-14-10-11(9-12(14)13(16)17)21(18,19)15(5-2)7-8-20-6-3/h9-10H,4-8H2,1-3H3,(H,16,17). The fraction of sp³-hybridized carbons (Fsp3) is 0.615. The minimum Gasteiger partial charge on any atom is -0.477 e. The largest absolute Gasteiger partial charge is 0.477 e. The maximum absolute atomic E-state index is 12.5. The van der Waals surface area contributed by atoms with Gasteiger partial charge in [-0.25, -0.2) is 13.2 Å². The molecule has 0 saturated carbocycles.